The Balaban J connectivity index is 1.53. The van der Waals surface area contributed by atoms with Gasteiger partial charge in [-0.3, -0.25) is 4.79 Å². The van der Waals surface area contributed by atoms with Crippen molar-refractivity contribution in [2.24, 2.45) is 0 Å². The van der Waals surface area contributed by atoms with Crippen molar-refractivity contribution in [2.45, 2.75) is 13.2 Å². The zero-order chi connectivity index (χ0) is 27.5. The molecule has 0 heterocycles. The molecule has 0 saturated carbocycles. The molecule has 4 rings (SSSR count). The molecular weight excluding hydrogens is 496 g/mol. The Morgan fingerprint density at radius 1 is 0.744 bits per heavy atom. The molecule has 0 unspecified atom stereocenters. The number of carbonyl (C=O) groups is 1. The minimum absolute atomic E-state index is 0.0162. The number of carbonyl (C=O) groups excluding carboxylic acids is 1. The van der Waals surface area contributed by atoms with Gasteiger partial charge in [0.05, 0.1) is 7.11 Å². The van der Waals surface area contributed by atoms with Gasteiger partial charge in [0.15, 0.2) is 24.1 Å². The number of phenolic OH excluding ortho intramolecular Hbond substituents is 1. The van der Waals surface area contributed by atoms with Gasteiger partial charge in [0, 0.05) is 19.2 Å². The van der Waals surface area contributed by atoms with Crippen LogP contribution in [0.4, 0.5) is 0 Å². The molecule has 1 N–H and O–H groups in total. The van der Waals surface area contributed by atoms with E-state index in [0.717, 1.165) is 16.7 Å². The number of aromatic hydroxyl groups is 1. The fourth-order valence-electron chi connectivity index (χ4n) is 3.78. The van der Waals surface area contributed by atoms with E-state index in [1.807, 2.05) is 66.7 Å². The van der Waals surface area contributed by atoms with Crippen molar-refractivity contribution in [1.82, 2.24) is 0 Å². The van der Waals surface area contributed by atoms with E-state index in [9.17, 15) is 9.90 Å². The van der Waals surface area contributed by atoms with Gasteiger partial charge in [0.25, 0.3) is 0 Å². The molecule has 200 valence electrons. The lowest BCUT2D eigenvalue weighted by molar-refractivity contribution is 0.0507. The summed E-state index contributed by atoms with van der Waals surface area (Å²) in [5.74, 6) is 0.942. The van der Waals surface area contributed by atoms with Crippen molar-refractivity contribution < 1.29 is 33.6 Å². The highest BCUT2D eigenvalue weighted by Crippen LogP contribution is 2.35. The van der Waals surface area contributed by atoms with Crippen molar-refractivity contribution in [3.63, 3.8) is 0 Å². The molecule has 4 aromatic rings. The summed E-state index contributed by atoms with van der Waals surface area (Å²) in [4.78, 5) is 13.2. The summed E-state index contributed by atoms with van der Waals surface area (Å²) in [5.41, 5.74) is 2.70. The average Bonchev–Trinajstić information content (AvgIpc) is 2.97. The Bertz CT molecular complexity index is 1400. The molecule has 4 aromatic carbocycles. The molecule has 0 aliphatic carbocycles. The van der Waals surface area contributed by atoms with Gasteiger partial charge in [-0.05, 0) is 34.9 Å². The minimum Gasteiger partial charge on any atom is -0.507 e. The van der Waals surface area contributed by atoms with Crippen LogP contribution in [0.3, 0.4) is 0 Å². The summed E-state index contributed by atoms with van der Waals surface area (Å²) in [6, 6.07) is 27.7. The van der Waals surface area contributed by atoms with Gasteiger partial charge in [-0.15, -0.1) is 0 Å². The molecule has 0 saturated heterocycles. The molecule has 0 aliphatic heterocycles. The van der Waals surface area contributed by atoms with E-state index in [1.54, 1.807) is 31.4 Å². The number of phenols is 1. The third-order valence-electron chi connectivity index (χ3n) is 5.73. The zero-order valence-electron chi connectivity index (χ0n) is 21.8. The molecule has 0 bridgehead atoms. The average molecular weight is 527 g/mol. The highest BCUT2D eigenvalue weighted by Gasteiger charge is 2.19. The van der Waals surface area contributed by atoms with E-state index in [4.69, 9.17) is 23.7 Å². The first-order valence-electron chi connectivity index (χ1n) is 12.3. The Hall–Kier alpha value is -4.75. The molecule has 7 nitrogen and oxygen atoms in total. The predicted molar refractivity (Wildman–Crippen MR) is 149 cm³/mol. The van der Waals surface area contributed by atoms with E-state index in [1.165, 1.54) is 19.3 Å². The highest BCUT2D eigenvalue weighted by atomic mass is 16.7. The lowest BCUT2D eigenvalue weighted by Gasteiger charge is -2.14. The molecule has 0 radical (unpaired) electrons. The van der Waals surface area contributed by atoms with Crippen LogP contribution in [-0.4, -0.2) is 31.9 Å². The monoisotopic (exact) mass is 526 g/mol. The molecule has 0 aliphatic rings. The third kappa shape index (κ3) is 7.63. The number of methoxy groups -OCH3 is 2. The molecule has 0 spiro atoms. The van der Waals surface area contributed by atoms with Gasteiger partial charge in [-0.25, -0.2) is 0 Å². The van der Waals surface area contributed by atoms with E-state index in [2.05, 4.69) is 0 Å². The number of ketones is 1. The minimum atomic E-state index is -0.433. The quantitative estimate of drug-likeness (QED) is 0.122. The molecule has 0 atom stereocenters. The smallest absolute Gasteiger partial charge is 0.193 e. The van der Waals surface area contributed by atoms with Gasteiger partial charge in [0.1, 0.15) is 36.0 Å². The number of allylic oxidation sites excluding steroid dienone is 1. The lowest BCUT2D eigenvalue weighted by Crippen LogP contribution is -2.05. The Morgan fingerprint density at radius 3 is 2.00 bits per heavy atom. The number of benzene rings is 4. The summed E-state index contributed by atoms with van der Waals surface area (Å²) in [6.07, 6.45) is 3.01. The van der Waals surface area contributed by atoms with Gasteiger partial charge in [-0.1, -0.05) is 72.8 Å². The van der Waals surface area contributed by atoms with Gasteiger partial charge < -0.3 is 28.8 Å². The Kier molecular flexibility index (Phi) is 9.58. The molecule has 0 amide bonds. The van der Waals surface area contributed by atoms with Crippen LogP contribution >= 0.6 is 0 Å². The lowest BCUT2D eigenvalue weighted by atomic mass is 10.1. The van der Waals surface area contributed by atoms with Crippen molar-refractivity contribution in [3.05, 3.63) is 119 Å². The summed E-state index contributed by atoms with van der Waals surface area (Å²) in [5, 5.41) is 10.7. The maximum absolute atomic E-state index is 13.2. The highest BCUT2D eigenvalue weighted by molar-refractivity contribution is 6.10. The van der Waals surface area contributed by atoms with Crippen LogP contribution in [0, 0.1) is 0 Å². The molecule has 7 heteroatoms. The van der Waals surface area contributed by atoms with E-state index in [-0.39, 0.29) is 30.5 Å². The van der Waals surface area contributed by atoms with Gasteiger partial charge >= 0.3 is 0 Å². The van der Waals surface area contributed by atoms with Crippen molar-refractivity contribution in [3.8, 4) is 28.7 Å². The molecular formula is C32H30O7. The standard InChI is InChI=1S/C32H30O7/c1-35-22-39-26-18-28(34)32(31(19-26)38-21-25-11-7-4-8-12-25)27(33)15-13-23-14-16-29(30(17-23)36-2)37-20-24-9-5-3-6-10-24/h3-19,34H,20-22H2,1-2H3. The topological polar surface area (TPSA) is 83.5 Å². The predicted octanol–water partition coefficient (Wildman–Crippen LogP) is 6.44. The summed E-state index contributed by atoms with van der Waals surface area (Å²) >= 11 is 0. The second-order valence-electron chi connectivity index (χ2n) is 8.52. The van der Waals surface area contributed by atoms with Crippen LogP contribution in [0.2, 0.25) is 0 Å². The van der Waals surface area contributed by atoms with E-state index in [0.29, 0.717) is 23.9 Å². The second kappa shape index (κ2) is 13.7. The third-order valence-corrected chi connectivity index (χ3v) is 5.73. The number of rotatable bonds is 13. The normalized spacial score (nSPS) is 10.8. The molecule has 0 fully saturated rings. The summed E-state index contributed by atoms with van der Waals surface area (Å²) in [7, 11) is 3.05. The van der Waals surface area contributed by atoms with Crippen LogP contribution in [0.5, 0.6) is 28.7 Å². The first-order valence-corrected chi connectivity index (χ1v) is 12.3. The van der Waals surface area contributed by atoms with Crippen LogP contribution in [0.1, 0.15) is 27.0 Å². The SMILES string of the molecule is COCOc1cc(O)c(C(=O)C=Cc2ccc(OCc3ccccc3)c(OC)c2)c(OCc2ccccc2)c1. The van der Waals surface area contributed by atoms with Crippen LogP contribution in [-0.2, 0) is 18.0 Å². The fraction of sp³-hybridized carbons (Fsp3) is 0.156. The zero-order valence-corrected chi connectivity index (χ0v) is 21.8. The maximum Gasteiger partial charge on any atom is 0.193 e. The Morgan fingerprint density at radius 2 is 1.38 bits per heavy atom. The van der Waals surface area contributed by atoms with Gasteiger partial charge in [-0.2, -0.15) is 0 Å². The molecule has 0 aromatic heterocycles. The number of hydrogen-bond acceptors (Lipinski definition) is 7. The van der Waals surface area contributed by atoms with Crippen molar-refractivity contribution in [1.29, 1.82) is 0 Å². The number of hydrogen-bond donors (Lipinski definition) is 1. The largest absolute Gasteiger partial charge is 0.507 e. The summed E-state index contributed by atoms with van der Waals surface area (Å²) < 4.78 is 27.8. The fourth-order valence-corrected chi connectivity index (χ4v) is 3.78. The summed E-state index contributed by atoms with van der Waals surface area (Å²) in [6.45, 7) is 0.595. The molecule has 39 heavy (non-hydrogen) atoms. The van der Waals surface area contributed by atoms with Crippen LogP contribution in [0.25, 0.3) is 6.08 Å². The van der Waals surface area contributed by atoms with Crippen LogP contribution in [0.15, 0.2) is 97.1 Å². The second-order valence-corrected chi connectivity index (χ2v) is 8.52. The maximum atomic E-state index is 13.2. The van der Waals surface area contributed by atoms with Crippen molar-refractivity contribution in [2.75, 3.05) is 21.0 Å². The first-order chi connectivity index (χ1) is 19.1. The van der Waals surface area contributed by atoms with Crippen molar-refractivity contribution >= 4 is 11.9 Å². The first kappa shape index (κ1) is 27.3. The Labute approximate surface area is 227 Å². The van der Waals surface area contributed by atoms with E-state index < -0.39 is 5.78 Å². The van der Waals surface area contributed by atoms with Crippen LogP contribution < -0.4 is 18.9 Å². The van der Waals surface area contributed by atoms with E-state index >= 15 is 0 Å². The number of ether oxygens (including phenoxy) is 5. The van der Waals surface area contributed by atoms with Gasteiger partial charge in [0.2, 0.25) is 0 Å².